The van der Waals surface area contributed by atoms with Gasteiger partial charge in [0.1, 0.15) is 0 Å². The van der Waals surface area contributed by atoms with Crippen molar-refractivity contribution in [3.05, 3.63) is 0 Å². The van der Waals surface area contributed by atoms with Crippen LogP contribution in [0.5, 0.6) is 0 Å². The second-order valence-electron chi connectivity index (χ2n) is 5.54. The number of sulfonamides is 1. The summed E-state index contributed by atoms with van der Waals surface area (Å²) in [5.41, 5.74) is 0. The molecule has 1 aliphatic heterocycles. The summed E-state index contributed by atoms with van der Waals surface area (Å²) in [7, 11) is -3.05. The average Bonchev–Trinajstić information content (AvgIpc) is 2.53. The Balaban J connectivity index is 2.41. The van der Waals surface area contributed by atoms with Crippen LogP contribution >= 0.6 is 0 Å². The van der Waals surface area contributed by atoms with Crippen molar-refractivity contribution in [2.45, 2.75) is 52.6 Å². The first-order valence-electron chi connectivity index (χ1n) is 6.56. The number of nitrogens with zero attached hydrogens (tertiary/aromatic N) is 1. The van der Waals surface area contributed by atoms with E-state index in [2.05, 4.69) is 26.1 Å². The van der Waals surface area contributed by atoms with Gasteiger partial charge in [-0.25, -0.2) is 8.42 Å². The molecule has 0 aromatic heterocycles. The highest BCUT2D eigenvalue weighted by atomic mass is 32.2. The number of hydrogen-bond donors (Lipinski definition) is 1. The van der Waals surface area contributed by atoms with Gasteiger partial charge < -0.3 is 5.32 Å². The maximum Gasteiger partial charge on any atom is 0.214 e. The van der Waals surface area contributed by atoms with Crippen molar-refractivity contribution >= 4 is 10.0 Å². The first-order chi connectivity index (χ1) is 7.83. The molecule has 2 unspecified atom stereocenters. The van der Waals surface area contributed by atoms with Gasteiger partial charge in [-0.3, -0.25) is 0 Å². The molecule has 0 aromatic rings. The van der Waals surface area contributed by atoms with Gasteiger partial charge in [0.25, 0.3) is 0 Å². The second-order valence-corrected chi connectivity index (χ2v) is 7.58. The molecule has 0 bridgehead atoms. The van der Waals surface area contributed by atoms with Gasteiger partial charge in [-0.05, 0) is 32.2 Å². The fraction of sp³-hybridized carbons (Fsp3) is 1.00. The van der Waals surface area contributed by atoms with Crippen LogP contribution in [0.25, 0.3) is 0 Å². The summed E-state index contributed by atoms with van der Waals surface area (Å²) >= 11 is 0. The highest BCUT2D eigenvalue weighted by molar-refractivity contribution is 7.89. The Bertz CT molecular complexity index is 327. The predicted molar refractivity (Wildman–Crippen MR) is 71.5 cm³/mol. The first kappa shape index (κ1) is 14.9. The van der Waals surface area contributed by atoms with Gasteiger partial charge in [-0.2, -0.15) is 4.31 Å². The maximum atomic E-state index is 12.1. The van der Waals surface area contributed by atoms with Crippen LogP contribution in [0.1, 0.15) is 40.5 Å². The fourth-order valence-corrected chi connectivity index (χ4v) is 4.27. The van der Waals surface area contributed by atoms with E-state index in [1.165, 1.54) is 0 Å². The van der Waals surface area contributed by atoms with Gasteiger partial charge in [0.05, 0.1) is 5.75 Å². The molecule has 1 N–H and O–H groups in total. The molecule has 0 aliphatic carbocycles. The van der Waals surface area contributed by atoms with Crippen LogP contribution in [0, 0.1) is 5.92 Å². The normalized spacial score (nSPS) is 26.9. The van der Waals surface area contributed by atoms with Gasteiger partial charge in [0.2, 0.25) is 10.0 Å². The predicted octanol–water partition coefficient (Wildman–Crippen LogP) is 1.43. The van der Waals surface area contributed by atoms with Crippen LogP contribution in [-0.4, -0.2) is 43.6 Å². The molecule has 0 radical (unpaired) electrons. The molecule has 0 saturated carbocycles. The van der Waals surface area contributed by atoms with Crippen LogP contribution in [0.4, 0.5) is 0 Å². The second kappa shape index (κ2) is 6.16. The number of rotatable bonds is 6. The van der Waals surface area contributed by atoms with Crippen molar-refractivity contribution in [3.63, 3.8) is 0 Å². The Kier molecular flexibility index (Phi) is 5.41. The van der Waals surface area contributed by atoms with E-state index in [9.17, 15) is 8.42 Å². The van der Waals surface area contributed by atoms with Crippen molar-refractivity contribution < 1.29 is 8.42 Å². The molecule has 0 amide bonds. The summed E-state index contributed by atoms with van der Waals surface area (Å²) in [5.74, 6) is 0.762. The standard InChI is InChI=1S/C12H26N2O2S/c1-10(2)13-6-5-7-17(15,16)14-9-11(3)8-12(14)4/h10-13H,5-9H2,1-4H3. The molecule has 4 nitrogen and oxygen atoms in total. The van der Waals surface area contributed by atoms with Gasteiger partial charge in [0.15, 0.2) is 0 Å². The summed E-state index contributed by atoms with van der Waals surface area (Å²) in [5, 5.41) is 3.25. The van der Waals surface area contributed by atoms with E-state index < -0.39 is 10.0 Å². The number of nitrogens with one attached hydrogen (secondary N) is 1. The maximum absolute atomic E-state index is 12.1. The zero-order chi connectivity index (χ0) is 13.1. The minimum absolute atomic E-state index is 0.174. The zero-order valence-electron chi connectivity index (χ0n) is 11.4. The summed E-state index contributed by atoms with van der Waals surface area (Å²) < 4.78 is 26.0. The monoisotopic (exact) mass is 262 g/mol. The van der Waals surface area contributed by atoms with E-state index in [1.54, 1.807) is 4.31 Å². The molecule has 0 aromatic carbocycles. The van der Waals surface area contributed by atoms with Crippen molar-refractivity contribution in [2.24, 2.45) is 5.92 Å². The molecular formula is C12H26N2O2S. The lowest BCUT2D eigenvalue weighted by molar-refractivity contribution is 0.404. The third kappa shape index (κ3) is 4.56. The molecule has 1 fully saturated rings. The van der Waals surface area contributed by atoms with E-state index >= 15 is 0 Å². The summed E-state index contributed by atoms with van der Waals surface area (Å²) in [6, 6.07) is 0.594. The molecular weight excluding hydrogens is 236 g/mol. The lowest BCUT2D eigenvalue weighted by Gasteiger charge is -2.21. The summed E-state index contributed by atoms with van der Waals surface area (Å²) in [6.07, 6.45) is 1.68. The van der Waals surface area contributed by atoms with Gasteiger partial charge in [0, 0.05) is 18.6 Å². The van der Waals surface area contributed by atoms with Gasteiger partial charge in [-0.1, -0.05) is 20.8 Å². The third-order valence-corrected chi connectivity index (χ3v) is 5.24. The van der Waals surface area contributed by atoms with Crippen molar-refractivity contribution in [2.75, 3.05) is 18.8 Å². The lowest BCUT2D eigenvalue weighted by atomic mass is 10.1. The van der Waals surface area contributed by atoms with Crippen molar-refractivity contribution in [1.82, 2.24) is 9.62 Å². The van der Waals surface area contributed by atoms with Crippen LogP contribution in [0.2, 0.25) is 0 Å². The summed E-state index contributed by atoms with van der Waals surface area (Å²) in [4.78, 5) is 0. The Morgan fingerprint density at radius 3 is 2.47 bits per heavy atom. The highest BCUT2D eigenvalue weighted by Crippen LogP contribution is 2.25. The summed E-state index contributed by atoms with van der Waals surface area (Å²) in [6.45, 7) is 9.73. The minimum atomic E-state index is -3.05. The van der Waals surface area contributed by atoms with E-state index in [-0.39, 0.29) is 11.8 Å². The SMILES string of the molecule is CC1CC(C)N(S(=O)(=O)CCCNC(C)C)C1. The van der Waals surface area contributed by atoms with E-state index in [0.29, 0.717) is 24.9 Å². The van der Waals surface area contributed by atoms with Crippen molar-refractivity contribution in [1.29, 1.82) is 0 Å². The average molecular weight is 262 g/mol. The van der Waals surface area contributed by atoms with Crippen LogP contribution < -0.4 is 5.32 Å². The smallest absolute Gasteiger partial charge is 0.214 e. The largest absolute Gasteiger partial charge is 0.314 e. The molecule has 2 atom stereocenters. The Morgan fingerprint density at radius 1 is 1.35 bits per heavy atom. The van der Waals surface area contributed by atoms with Crippen molar-refractivity contribution in [3.8, 4) is 0 Å². The molecule has 1 heterocycles. The zero-order valence-corrected chi connectivity index (χ0v) is 12.3. The van der Waals surface area contributed by atoms with E-state index in [4.69, 9.17) is 0 Å². The van der Waals surface area contributed by atoms with E-state index in [0.717, 1.165) is 13.0 Å². The number of hydrogen-bond acceptors (Lipinski definition) is 3. The molecule has 1 rings (SSSR count). The van der Waals surface area contributed by atoms with E-state index in [1.807, 2.05) is 6.92 Å². The molecule has 1 aliphatic rings. The third-order valence-electron chi connectivity index (χ3n) is 3.22. The van der Waals surface area contributed by atoms with Crippen LogP contribution in [0.15, 0.2) is 0 Å². The quantitative estimate of drug-likeness (QED) is 0.737. The first-order valence-corrected chi connectivity index (χ1v) is 8.16. The van der Waals surface area contributed by atoms with Crippen LogP contribution in [0.3, 0.4) is 0 Å². The Hall–Kier alpha value is -0.130. The molecule has 17 heavy (non-hydrogen) atoms. The fourth-order valence-electron chi connectivity index (χ4n) is 2.41. The van der Waals surface area contributed by atoms with Crippen LogP contribution in [-0.2, 0) is 10.0 Å². The Labute approximate surface area is 106 Å². The molecule has 5 heteroatoms. The Morgan fingerprint density at radius 2 is 2.00 bits per heavy atom. The van der Waals surface area contributed by atoms with Gasteiger partial charge in [-0.15, -0.1) is 0 Å². The highest BCUT2D eigenvalue weighted by Gasteiger charge is 2.34. The topological polar surface area (TPSA) is 49.4 Å². The molecule has 0 spiro atoms. The lowest BCUT2D eigenvalue weighted by Crippen LogP contribution is -2.36. The molecule has 102 valence electrons. The molecule has 1 saturated heterocycles. The van der Waals surface area contributed by atoms with Gasteiger partial charge >= 0.3 is 0 Å². The minimum Gasteiger partial charge on any atom is -0.314 e.